The number of hydrogen-bond donors (Lipinski definition) is 1. The smallest absolute Gasteiger partial charge is 0.148 e. The molecule has 0 bridgehead atoms. The summed E-state index contributed by atoms with van der Waals surface area (Å²) in [6, 6.07) is 0. The summed E-state index contributed by atoms with van der Waals surface area (Å²) in [5, 5.41) is 0. The standard InChI is InChI=1S/C7H8IN3/c1-6-4-9-5-7(11-6)10-3-2-8/h2-5H,1H3,(H,10,11)/b3-2-. The van der Waals surface area contributed by atoms with E-state index in [4.69, 9.17) is 0 Å². The summed E-state index contributed by atoms with van der Waals surface area (Å²) in [5.41, 5.74) is 1.78. The van der Waals surface area contributed by atoms with Crippen molar-refractivity contribution in [3.8, 4) is 0 Å². The van der Waals surface area contributed by atoms with Gasteiger partial charge in [-0.1, -0.05) is 22.6 Å². The van der Waals surface area contributed by atoms with E-state index in [9.17, 15) is 0 Å². The van der Waals surface area contributed by atoms with Gasteiger partial charge in [0, 0.05) is 18.1 Å². The SMILES string of the molecule is Cc1cnc/c(=N/C=C\I)[nH]1. The zero-order chi connectivity index (χ0) is 8.10. The second kappa shape index (κ2) is 4.27. The first kappa shape index (κ1) is 8.45. The quantitative estimate of drug-likeness (QED) is 0.765. The number of rotatable bonds is 1. The lowest BCUT2D eigenvalue weighted by molar-refractivity contribution is 1.02. The van der Waals surface area contributed by atoms with Gasteiger partial charge in [-0.2, -0.15) is 0 Å². The molecule has 0 radical (unpaired) electrons. The predicted octanol–water partition coefficient (Wildman–Crippen LogP) is 1.53. The van der Waals surface area contributed by atoms with Crippen LogP contribution in [0.4, 0.5) is 0 Å². The molecule has 1 aromatic rings. The van der Waals surface area contributed by atoms with Gasteiger partial charge in [-0.3, -0.25) is 4.98 Å². The first-order chi connectivity index (χ1) is 5.33. The highest BCUT2D eigenvalue weighted by molar-refractivity contribution is 14.1. The van der Waals surface area contributed by atoms with E-state index in [0.29, 0.717) is 0 Å². The van der Waals surface area contributed by atoms with E-state index in [1.54, 1.807) is 18.6 Å². The number of aromatic amines is 1. The Labute approximate surface area is 78.4 Å². The highest BCUT2D eigenvalue weighted by atomic mass is 127. The molecule has 0 amide bonds. The van der Waals surface area contributed by atoms with Gasteiger partial charge in [-0.25, -0.2) is 4.99 Å². The fourth-order valence-corrected chi connectivity index (χ4v) is 0.821. The number of aromatic nitrogens is 2. The monoisotopic (exact) mass is 261 g/mol. The molecule has 11 heavy (non-hydrogen) atoms. The molecule has 0 unspecified atom stereocenters. The number of hydrogen-bond acceptors (Lipinski definition) is 2. The fraction of sp³-hybridized carbons (Fsp3) is 0.143. The predicted molar refractivity (Wildman–Crippen MR) is 52.0 cm³/mol. The third kappa shape index (κ3) is 2.83. The minimum atomic E-state index is 0.776. The highest BCUT2D eigenvalue weighted by Crippen LogP contribution is 1.83. The van der Waals surface area contributed by atoms with Crippen LogP contribution in [-0.2, 0) is 0 Å². The van der Waals surface area contributed by atoms with Crippen LogP contribution in [0.25, 0.3) is 0 Å². The maximum Gasteiger partial charge on any atom is 0.148 e. The van der Waals surface area contributed by atoms with Crippen LogP contribution in [0.3, 0.4) is 0 Å². The Hall–Kier alpha value is -0.650. The summed E-state index contributed by atoms with van der Waals surface area (Å²) in [6.07, 6.45) is 5.16. The summed E-state index contributed by atoms with van der Waals surface area (Å²) in [6.45, 7) is 1.94. The number of nitrogens with zero attached hydrogens (tertiary/aromatic N) is 2. The molecule has 0 aliphatic carbocycles. The molecule has 3 nitrogen and oxygen atoms in total. The van der Waals surface area contributed by atoms with Crippen molar-refractivity contribution >= 4 is 22.6 Å². The lowest BCUT2D eigenvalue weighted by Gasteiger charge is -1.89. The van der Waals surface area contributed by atoms with Crippen molar-refractivity contribution in [2.45, 2.75) is 6.92 Å². The van der Waals surface area contributed by atoms with Gasteiger partial charge in [0.15, 0.2) is 0 Å². The average Bonchev–Trinajstić information content (AvgIpc) is 2.01. The molecular formula is C7H8IN3. The third-order valence-corrected chi connectivity index (χ3v) is 1.38. The molecule has 1 heterocycles. The van der Waals surface area contributed by atoms with E-state index in [2.05, 4.69) is 37.6 Å². The van der Waals surface area contributed by atoms with Crippen molar-refractivity contribution in [1.82, 2.24) is 9.97 Å². The lowest BCUT2D eigenvalue weighted by atomic mass is 10.5. The molecule has 1 aromatic heterocycles. The van der Waals surface area contributed by atoms with Gasteiger partial charge in [0.2, 0.25) is 0 Å². The lowest BCUT2D eigenvalue weighted by Crippen LogP contribution is -2.07. The molecule has 1 rings (SSSR count). The van der Waals surface area contributed by atoms with Gasteiger partial charge >= 0.3 is 0 Å². The van der Waals surface area contributed by atoms with Crippen molar-refractivity contribution in [2.75, 3.05) is 0 Å². The maximum atomic E-state index is 4.08. The Morgan fingerprint density at radius 1 is 1.64 bits per heavy atom. The second-order valence-corrected chi connectivity index (χ2v) is 2.72. The molecule has 0 aliphatic heterocycles. The Kier molecular flexibility index (Phi) is 3.28. The van der Waals surface area contributed by atoms with Gasteiger partial charge in [0.25, 0.3) is 0 Å². The Morgan fingerprint density at radius 2 is 2.45 bits per heavy atom. The van der Waals surface area contributed by atoms with Gasteiger partial charge < -0.3 is 4.98 Å². The van der Waals surface area contributed by atoms with Gasteiger partial charge in [-0.05, 0) is 11.0 Å². The molecule has 0 atom stereocenters. The average molecular weight is 261 g/mol. The van der Waals surface area contributed by atoms with Crippen LogP contribution >= 0.6 is 22.6 Å². The van der Waals surface area contributed by atoms with Crippen LogP contribution in [0.15, 0.2) is 27.7 Å². The van der Waals surface area contributed by atoms with Crippen LogP contribution in [0.2, 0.25) is 0 Å². The molecule has 0 aliphatic rings. The summed E-state index contributed by atoms with van der Waals surface area (Å²) < 4.78 is 1.84. The number of aryl methyl sites for hydroxylation is 1. The number of halogens is 1. The molecule has 0 fully saturated rings. The molecule has 0 aromatic carbocycles. The van der Waals surface area contributed by atoms with Crippen molar-refractivity contribution in [2.24, 2.45) is 4.99 Å². The zero-order valence-corrected chi connectivity index (χ0v) is 8.24. The molecule has 58 valence electrons. The van der Waals surface area contributed by atoms with Crippen molar-refractivity contribution in [3.05, 3.63) is 33.9 Å². The fourth-order valence-electron chi connectivity index (χ4n) is 0.660. The van der Waals surface area contributed by atoms with E-state index < -0.39 is 0 Å². The Bertz CT molecular complexity index is 313. The molecule has 0 saturated carbocycles. The Balaban J connectivity index is 3.04. The van der Waals surface area contributed by atoms with Crippen LogP contribution in [-0.4, -0.2) is 9.97 Å². The topological polar surface area (TPSA) is 41.0 Å². The maximum absolute atomic E-state index is 4.08. The van der Waals surface area contributed by atoms with Gasteiger partial charge in [0.05, 0.1) is 6.20 Å². The van der Waals surface area contributed by atoms with E-state index in [0.717, 1.165) is 11.2 Å². The van der Waals surface area contributed by atoms with Crippen LogP contribution in [0.5, 0.6) is 0 Å². The van der Waals surface area contributed by atoms with Crippen LogP contribution < -0.4 is 5.49 Å². The minimum absolute atomic E-state index is 0.776. The summed E-state index contributed by atoms with van der Waals surface area (Å²) in [4.78, 5) is 11.1. The van der Waals surface area contributed by atoms with E-state index in [1.807, 2.05) is 11.0 Å². The van der Waals surface area contributed by atoms with E-state index in [1.165, 1.54) is 0 Å². The molecule has 0 saturated heterocycles. The minimum Gasteiger partial charge on any atom is -0.341 e. The van der Waals surface area contributed by atoms with Crippen molar-refractivity contribution in [3.63, 3.8) is 0 Å². The molecular weight excluding hydrogens is 253 g/mol. The summed E-state index contributed by atoms with van der Waals surface area (Å²) in [5.74, 6) is 0. The highest BCUT2D eigenvalue weighted by Gasteiger charge is 1.80. The normalized spacial score (nSPS) is 12.7. The summed E-state index contributed by atoms with van der Waals surface area (Å²) >= 11 is 2.11. The summed E-state index contributed by atoms with van der Waals surface area (Å²) in [7, 11) is 0. The molecule has 1 N–H and O–H groups in total. The number of H-pyrrole nitrogens is 1. The zero-order valence-electron chi connectivity index (χ0n) is 6.08. The number of nitrogens with one attached hydrogen (secondary N) is 1. The first-order valence-electron chi connectivity index (χ1n) is 3.13. The third-order valence-electron chi connectivity index (χ3n) is 1.06. The van der Waals surface area contributed by atoms with Crippen LogP contribution in [0, 0.1) is 6.92 Å². The van der Waals surface area contributed by atoms with Crippen LogP contribution in [0.1, 0.15) is 5.69 Å². The van der Waals surface area contributed by atoms with E-state index in [-0.39, 0.29) is 0 Å². The molecule has 0 spiro atoms. The largest absolute Gasteiger partial charge is 0.341 e. The first-order valence-corrected chi connectivity index (χ1v) is 4.37. The van der Waals surface area contributed by atoms with Gasteiger partial charge in [0.1, 0.15) is 5.49 Å². The van der Waals surface area contributed by atoms with E-state index >= 15 is 0 Å². The Morgan fingerprint density at radius 3 is 3.09 bits per heavy atom. The second-order valence-electron chi connectivity index (χ2n) is 2.00. The van der Waals surface area contributed by atoms with Gasteiger partial charge in [-0.15, -0.1) is 0 Å². The molecule has 4 heteroatoms. The van der Waals surface area contributed by atoms with Crippen molar-refractivity contribution in [1.29, 1.82) is 0 Å². The van der Waals surface area contributed by atoms with Crippen molar-refractivity contribution < 1.29 is 0 Å².